The van der Waals surface area contributed by atoms with Crippen molar-refractivity contribution in [1.29, 1.82) is 5.39 Å². The van der Waals surface area contributed by atoms with E-state index in [1.165, 1.54) is 0 Å². The maximum absolute atomic E-state index is 10.7. The number of diazo groups is 1. The van der Waals surface area contributed by atoms with E-state index in [4.69, 9.17) is 10.1 Å². The average Bonchev–Trinajstić information content (AvgIpc) is 1.84. The van der Waals surface area contributed by atoms with Gasteiger partial charge in [-0.05, 0) is 6.04 Å². The molecular weight excluding hydrogens is 172 g/mol. The highest BCUT2D eigenvalue weighted by Crippen LogP contribution is 2.07. The first-order chi connectivity index (χ1) is 5.45. The maximum Gasteiger partial charge on any atom is 0.399 e. The first-order valence-corrected chi connectivity index (χ1v) is 7.63. The number of hydrogen-bond acceptors (Lipinski definition) is 3. The predicted molar refractivity (Wildman–Crippen MR) is 49.1 cm³/mol. The monoisotopic (exact) mass is 187 g/mol. The SMILES string of the molecule is C[Si](C)(C)CCOC(=O)C[N+]#N. The minimum Gasteiger partial charge on any atom is -0.460 e. The van der Waals surface area contributed by atoms with Crippen molar-refractivity contribution in [3.63, 3.8) is 0 Å². The molecule has 0 aromatic heterocycles. The maximum atomic E-state index is 10.7. The standard InChI is InChI=1S/C7H15N2O2Si/c1-12(2,3)5-4-11-7(10)6-9-8/h4-6H2,1-3H3/q+1. The topological polar surface area (TPSA) is 54.5 Å². The Morgan fingerprint density at radius 1 is 1.50 bits per heavy atom. The molecule has 0 radical (unpaired) electrons. The van der Waals surface area contributed by atoms with Crippen LogP contribution in [0.15, 0.2) is 0 Å². The van der Waals surface area contributed by atoms with Crippen molar-refractivity contribution in [2.75, 3.05) is 13.2 Å². The molecule has 4 nitrogen and oxygen atoms in total. The summed E-state index contributed by atoms with van der Waals surface area (Å²) in [6, 6.07) is 0.949. The number of nitrogens with zero attached hydrogens (tertiary/aromatic N) is 2. The van der Waals surface area contributed by atoms with Crippen molar-refractivity contribution >= 4 is 14.0 Å². The van der Waals surface area contributed by atoms with Gasteiger partial charge in [0.05, 0.1) is 6.61 Å². The van der Waals surface area contributed by atoms with E-state index in [1.807, 2.05) is 0 Å². The molecule has 0 saturated carbocycles. The molecule has 0 spiro atoms. The molecule has 0 fully saturated rings. The second-order valence-electron chi connectivity index (χ2n) is 3.83. The summed E-state index contributed by atoms with van der Waals surface area (Å²) in [5, 5.41) is 8.03. The van der Waals surface area contributed by atoms with Gasteiger partial charge in [-0.1, -0.05) is 19.6 Å². The summed E-state index contributed by atoms with van der Waals surface area (Å²) >= 11 is 0. The van der Waals surface area contributed by atoms with E-state index in [9.17, 15) is 4.79 Å². The Morgan fingerprint density at radius 2 is 2.08 bits per heavy atom. The summed E-state index contributed by atoms with van der Waals surface area (Å²) in [6.07, 6.45) is 0. The van der Waals surface area contributed by atoms with Crippen molar-refractivity contribution in [3.05, 3.63) is 4.98 Å². The largest absolute Gasteiger partial charge is 0.460 e. The van der Waals surface area contributed by atoms with Gasteiger partial charge in [-0.25, -0.2) is 4.79 Å². The number of rotatable bonds is 4. The van der Waals surface area contributed by atoms with Crippen LogP contribution in [0.3, 0.4) is 0 Å². The minimum absolute atomic E-state index is 0.258. The van der Waals surface area contributed by atoms with E-state index in [0.717, 1.165) is 6.04 Å². The molecule has 0 heterocycles. The van der Waals surface area contributed by atoms with E-state index < -0.39 is 14.0 Å². The molecule has 0 N–H and O–H groups in total. The second kappa shape index (κ2) is 4.88. The van der Waals surface area contributed by atoms with Gasteiger partial charge in [0.25, 0.3) is 0 Å². The van der Waals surface area contributed by atoms with Gasteiger partial charge in [0.2, 0.25) is 5.39 Å². The van der Waals surface area contributed by atoms with Crippen LogP contribution in [-0.4, -0.2) is 27.2 Å². The molecule has 0 aliphatic heterocycles. The lowest BCUT2D eigenvalue weighted by Crippen LogP contribution is -2.23. The molecule has 12 heavy (non-hydrogen) atoms. The number of hydrogen-bond donors (Lipinski definition) is 0. The Balaban J connectivity index is 3.45. The average molecular weight is 187 g/mol. The molecule has 0 bridgehead atoms. The lowest BCUT2D eigenvalue weighted by Gasteiger charge is -2.14. The molecule has 5 heteroatoms. The third-order valence-electron chi connectivity index (χ3n) is 1.31. The first-order valence-electron chi connectivity index (χ1n) is 3.92. The lowest BCUT2D eigenvalue weighted by atomic mass is 10.7. The molecule has 0 amide bonds. The van der Waals surface area contributed by atoms with Crippen molar-refractivity contribution < 1.29 is 9.53 Å². The van der Waals surface area contributed by atoms with E-state index in [2.05, 4.69) is 24.6 Å². The van der Waals surface area contributed by atoms with Gasteiger partial charge in [0, 0.05) is 8.07 Å². The summed E-state index contributed by atoms with van der Waals surface area (Å²) < 4.78 is 4.80. The van der Waals surface area contributed by atoms with Crippen LogP contribution in [0, 0.1) is 5.39 Å². The molecular formula is C7H15N2O2Si+. The summed E-state index contributed by atoms with van der Waals surface area (Å²) in [6.45, 7) is 6.81. The zero-order valence-electron chi connectivity index (χ0n) is 7.83. The fourth-order valence-corrected chi connectivity index (χ4v) is 1.29. The van der Waals surface area contributed by atoms with Crippen LogP contribution in [0.1, 0.15) is 0 Å². The van der Waals surface area contributed by atoms with Gasteiger partial charge in [-0.3, -0.25) is 0 Å². The number of esters is 1. The summed E-state index contributed by atoms with van der Waals surface area (Å²) in [4.78, 5) is 13.4. The van der Waals surface area contributed by atoms with Gasteiger partial charge < -0.3 is 4.74 Å². The number of carbonyl (C=O) groups is 1. The van der Waals surface area contributed by atoms with Crippen LogP contribution in [0.2, 0.25) is 25.7 Å². The smallest absolute Gasteiger partial charge is 0.399 e. The van der Waals surface area contributed by atoms with Crippen LogP contribution < -0.4 is 0 Å². The molecule has 68 valence electrons. The number of ether oxygens (including phenoxy) is 1. The molecule has 0 aliphatic rings. The molecule has 0 aromatic rings. The molecule has 0 rings (SSSR count). The molecule has 0 atom stereocenters. The van der Waals surface area contributed by atoms with E-state index in [1.54, 1.807) is 0 Å². The third-order valence-corrected chi connectivity index (χ3v) is 3.02. The Labute approximate surface area is 73.5 Å². The van der Waals surface area contributed by atoms with Crippen molar-refractivity contribution in [3.8, 4) is 0 Å². The fraction of sp³-hybridized carbons (Fsp3) is 0.857. The molecule has 0 unspecified atom stereocenters. The van der Waals surface area contributed by atoms with Gasteiger partial charge in [0.15, 0.2) is 0 Å². The molecule has 0 aromatic carbocycles. The normalized spacial score (nSPS) is 10.5. The molecule has 0 aliphatic carbocycles. The van der Waals surface area contributed by atoms with Crippen LogP contribution in [-0.2, 0) is 9.53 Å². The Kier molecular flexibility index (Phi) is 4.52. The summed E-state index contributed by atoms with van der Waals surface area (Å²) in [7, 11) is -1.12. The second-order valence-corrected chi connectivity index (χ2v) is 9.45. The van der Waals surface area contributed by atoms with Crippen molar-refractivity contribution in [2.24, 2.45) is 0 Å². The molecule has 0 saturated heterocycles. The van der Waals surface area contributed by atoms with E-state index >= 15 is 0 Å². The van der Waals surface area contributed by atoms with Crippen molar-refractivity contribution in [1.82, 2.24) is 0 Å². The van der Waals surface area contributed by atoms with E-state index in [0.29, 0.717) is 6.61 Å². The van der Waals surface area contributed by atoms with Crippen LogP contribution in [0.4, 0.5) is 0 Å². The highest BCUT2D eigenvalue weighted by atomic mass is 28.3. The van der Waals surface area contributed by atoms with Gasteiger partial charge in [-0.15, -0.1) is 0 Å². The number of carbonyl (C=O) groups excluding carboxylic acids is 1. The summed E-state index contributed by atoms with van der Waals surface area (Å²) in [5.41, 5.74) is 0. The third kappa shape index (κ3) is 7.22. The quantitative estimate of drug-likeness (QED) is 0.382. The highest BCUT2D eigenvalue weighted by Gasteiger charge is 2.15. The van der Waals surface area contributed by atoms with Gasteiger partial charge in [-0.2, -0.15) is 0 Å². The zero-order chi connectivity index (χ0) is 9.61. The van der Waals surface area contributed by atoms with Crippen LogP contribution >= 0.6 is 0 Å². The van der Waals surface area contributed by atoms with Gasteiger partial charge in [0.1, 0.15) is 4.98 Å². The Hall–Kier alpha value is -0.893. The predicted octanol–water partition coefficient (Wildman–Crippen LogP) is 1.72. The first kappa shape index (κ1) is 11.1. The van der Waals surface area contributed by atoms with E-state index in [-0.39, 0.29) is 6.54 Å². The Morgan fingerprint density at radius 3 is 2.50 bits per heavy atom. The summed E-state index contributed by atoms with van der Waals surface area (Å²) in [5.74, 6) is -0.462. The van der Waals surface area contributed by atoms with Crippen molar-refractivity contribution in [2.45, 2.75) is 25.7 Å². The van der Waals surface area contributed by atoms with Crippen LogP contribution in [0.5, 0.6) is 0 Å². The lowest BCUT2D eigenvalue weighted by molar-refractivity contribution is -0.140. The highest BCUT2D eigenvalue weighted by molar-refractivity contribution is 6.76. The minimum atomic E-state index is -1.12. The zero-order valence-corrected chi connectivity index (χ0v) is 8.83. The van der Waals surface area contributed by atoms with Gasteiger partial charge >= 0.3 is 12.5 Å². The fourth-order valence-electron chi connectivity index (χ4n) is 0.574. The van der Waals surface area contributed by atoms with Crippen LogP contribution in [0.25, 0.3) is 4.98 Å². The Bertz CT molecular complexity index is 193.